The van der Waals surface area contributed by atoms with E-state index in [2.05, 4.69) is 11.4 Å². The first-order valence-electron chi connectivity index (χ1n) is 7.06. The Hall–Kier alpha value is -0.910. The first-order chi connectivity index (χ1) is 9.26. The molecule has 1 atom stereocenters. The van der Waals surface area contributed by atoms with Crippen LogP contribution in [0.4, 0.5) is 0 Å². The zero-order valence-electron chi connectivity index (χ0n) is 12.9. The molecule has 112 valence electrons. The summed E-state index contributed by atoms with van der Waals surface area (Å²) in [6.45, 7) is 11.7. The Morgan fingerprint density at radius 1 is 1.15 bits per heavy atom. The van der Waals surface area contributed by atoms with Crippen molar-refractivity contribution < 1.29 is 8.42 Å². The molecule has 2 rings (SSSR count). The molecule has 0 spiro atoms. The van der Waals surface area contributed by atoms with Crippen molar-refractivity contribution in [2.24, 2.45) is 0 Å². The van der Waals surface area contributed by atoms with Crippen molar-refractivity contribution in [3.05, 3.63) is 28.3 Å². The summed E-state index contributed by atoms with van der Waals surface area (Å²) in [5, 5.41) is 3.23. The Balaban J connectivity index is 2.60. The van der Waals surface area contributed by atoms with E-state index in [4.69, 9.17) is 0 Å². The zero-order valence-corrected chi connectivity index (χ0v) is 13.8. The van der Waals surface area contributed by atoms with Crippen LogP contribution in [0.25, 0.3) is 0 Å². The molecule has 20 heavy (non-hydrogen) atoms. The van der Waals surface area contributed by atoms with Crippen molar-refractivity contribution in [1.82, 2.24) is 9.62 Å². The van der Waals surface area contributed by atoms with Crippen LogP contribution in [0.2, 0.25) is 0 Å². The average molecular weight is 296 g/mol. The first kappa shape index (κ1) is 15.5. The molecule has 0 bridgehead atoms. The van der Waals surface area contributed by atoms with Gasteiger partial charge in [-0.15, -0.1) is 0 Å². The number of rotatable bonds is 2. The molecular weight excluding hydrogens is 272 g/mol. The van der Waals surface area contributed by atoms with Crippen molar-refractivity contribution in [2.75, 3.05) is 19.6 Å². The van der Waals surface area contributed by atoms with Crippen LogP contribution < -0.4 is 5.32 Å². The Labute approximate surface area is 122 Å². The number of hydrogen-bond acceptors (Lipinski definition) is 3. The molecule has 1 aliphatic heterocycles. The van der Waals surface area contributed by atoms with E-state index in [9.17, 15) is 8.42 Å². The highest BCUT2D eigenvalue weighted by atomic mass is 32.2. The van der Waals surface area contributed by atoms with Gasteiger partial charge in [-0.05, 0) is 56.9 Å². The van der Waals surface area contributed by atoms with Crippen molar-refractivity contribution in [3.8, 4) is 0 Å². The van der Waals surface area contributed by atoms with Crippen molar-refractivity contribution in [3.63, 3.8) is 0 Å². The lowest BCUT2D eigenvalue weighted by atomic mass is 10.0. The lowest BCUT2D eigenvalue weighted by Gasteiger charge is -2.34. The van der Waals surface area contributed by atoms with Crippen LogP contribution in [0.15, 0.2) is 11.0 Å². The summed E-state index contributed by atoms with van der Waals surface area (Å²) in [5.74, 6) is 0. The van der Waals surface area contributed by atoms with Gasteiger partial charge in [-0.3, -0.25) is 0 Å². The molecule has 1 fully saturated rings. The molecule has 0 aromatic heterocycles. The minimum Gasteiger partial charge on any atom is -0.314 e. The molecule has 0 saturated carbocycles. The number of nitrogens with one attached hydrogen (secondary N) is 1. The normalized spacial score (nSPS) is 21.1. The molecule has 1 aromatic carbocycles. The Kier molecular flexibility index (Phi) is 4.23. The van der Waals surface area contributed by atoms with Gasteiger partial charge < -0.3 is 5.32 Å². The summed E-state index contributed by atoms with van der Waals surface area (Å²) in [6.07, 6.45) is 0. The van der Waals surface area contributed by atoms with Gasteiger partial charge in [0.25, 0.3) is 0 Å². The first-order valence-corrected chi connectivity index (χ1v) is 8.50. The molecule has 0 radical (unpaired) electrons. The van der Waals surface area contributed by atoms with E-state index in [0.717, 1.165) is 22.3 Å². The van der Waals surface area contributed by atoms with Gasteiger partial charge >= 0.3 is 0 Å². The fourth-order valence-corrected chi connectivity index (χ4v) is 5.07. The van der Waals surface area contributed by atoms with Crippen LogP contribution in [-0.4, -0.2) is 38.4 Å². The summed E-state index contributed by atoms with van der Waals surface area (Å²) < 4.78 is 27.7. The smallest absolute Gasteiger partial charge is 0.243 e. The second-order valence-corrected chi connectivity index (χ2v) is 7.59. The maximum absolute atomic E-state index is 13.0. The van der Waals surface area contributed by atoms with E-state index in [-0.39, 0.29) is 6.04 Å². The molecule has 1 heterocycles. The fourth-order valence-electron chi connectivity index (χ4n) is 2.86. The Bertz CT molecular complexity index is 597. The second-order valence-electron chi connectivity index (χ2n) is 5.76. The average Bonchev–Trinajstić information content (AvgIpc) is 2.36. The van der Waals surface area contributed by atoms with Gasteiger partial charge in [-0.2, -0.15) is 4.31 Å². The number of benzene rings is 1. The molecule has 0 aliphatic carbocycles. The predicted molar refractivity (Wildman–Crippen MR) is 81.6 cm³/mol. The van der Waals surface area contributed by atoms with E-state index >= 15 is 0 Å². The summed E-state index contributed by atoms with van der Waals surface area (Å²) in [5.41, 5.74) is 3.82. The van der Waals surface area contributed by atoms with E-state index in [1.807, 2.05) is 34.6 Å². The Morgan fingerprint density at radius 3 is 2.20 bits per heavy atom. The lowest BCUT2D eigenvalue weighted by molar-refractivity contribution is 0.283. The minimum absolute atomic E-state index is 0.00614. The Morgan fingerprint density at radius 2 is 1.70 bits per heavy atom. The quantitative estimate of drug-likeness (QED) is 0.907. The van der Waals surface area contributed by atoms with Gasteiger partial charge in [0.1, 0.15) is 0 Å². The highest BCUT2D eigenvalue weighted by molar-refractivity contribution is 7.89. The second kappa shape index (κ2) is 5.47. The van der Waals surface area contributed by atoms with E-state index in [0.29, 0.717) is 24.5 Å². The molecule has 4 nitrogen and oxygen atoms in total. The van der Waals surface area contributed by atoms with Crippen LogP contribution in [0.1, 0.15) is 29.2 Å². The van der Waals surface area contributed by atoms with Crippen LogP contribution in [-0.2, 0) is 10.0 Å². The molecule has 1 saturated heterocycles. The molecule has 5 heteroatoms. The fraction of sp³-hybridized carbons (Fsp3) is 0.600. The zero-order chi connectivity index (χ0) is 15.1. The van der Waals surface area contributed by atoms with Crippen LogP contribution in [0, 0.1) is 27.7 Å². The van der Waals surface area contributed by atoms with E-state index < -0.39 is 10.0 Å². The number of piperazine rings is 1. The SMILES string of the molecule is Cc1cc(C)c(C)c(S(=O)(=O)N2CCNCC2C)c1C. The highest BCUT2D eigenvalue weighted by Gasteiger charge is 2.33. The summed E-state index contributed by atoms with van der Waals surface area (Å²) in [6, 6.07) is 2.05. The summed E-state index contributed by atoms with van der Waals surface area (Å²) >= 11 is 0. The van der Waals surface area contributed by atoms with Crippen LogP contribution >= 0.6 is 0 Å². The maximum Gasteiger partial charge on any atom is 0.243 e. The number of sulfonamides is 1. The van der Waals surface area contributed by atoms with E-state index in [1.165, 1.54) is 0 Å². The van der Waals surface area contributed by atoms with Gasteiger partial charge in [0.15, 0.2) is 0 Å². The van der Waals surface area contributed by atoms with E-state index in [1.54, 1.807) is 4.31 Å². The molecule has 1 aliphatic rings. The number of aryl methyl sites for hydroxylation is 2. The van der Waals surface area contributed by atoms with Gasteiger partial charge in [0, 0.05) is 25.7 Å². The largest absolute Gasteiger partial charge is 0.314 e. The third kappa shape index (κ3) is 2.50. The third-order valence-corrected chi connectivity index (χ3v) is 6.59. The standard InChI is InChI=1S/C15H24N2O2S/c1-10-8-11(2)14(5)15(13(10)4)20(18,19)17-7-6-16-9-12(17)3/h8,12,16H,6-7,9H2,1-5H3. The summed E-state index contributed by atoms with van der Waals surface area (Å²) in [7, 11) is -3.42. The van der Waals surface area contributed by atoms with Gasteiger partial charge in [-0.25, -0.2) is 8.42 Å². The predicted octanol–water partition coefficient (Wildman–Crippen LogP) is 1.90. The highest BCUT2D eigenvalue weighted by Crippen LogP contribution is 2.29. The van der Waals surface area contributed by atoms with Crippen LogP contribution in [0.5, 0.6) is 0 Å². The number of nitrogens with zero attached hydrogens (tertiary/aromatic N) is 1. The maximum atomic E-state index is 13.0. The molecular formula is C15H24N2O2S. The lowest BCUT2D eigenvalue weighted by Crippen LogP contribution is -2.52. The van der Waals surface area contributed by atoms with Crippen molar-refractivity contribution in [1.29, 1.82) is 0 Å². The monoisotopic (exact) mass is 296 g/mol. The topological polar surface area (TPSA) is 49.4 Å². The minimum atomic E-state index is -3.42. The molecule has 1 N–H and O–H groups in total. The van der Waals surface area contributed by atoms with Gasteiger partial charge in [0.2, 0.25) is 10.0 Å². The molecule has 1 unspecified atom stereocenters. The number of hydrogen-bond donors (Lipinski definition) is 1. The van der Waals surface area contributed by atoms with Gasteiger partial charge in [-0.1, -0.05) is 6.07 Å². The van der Waals surface area contributed by atoms with Crippen molar-refractivity contribution in [2.45, 2.75) is 45.6 Å². The van der Waals surface area contributed by atoms with Crippen molar-refractivity contribution >= 4 is 10.0 Å². The van der Waals surface area contributed by atoms with Crippen LogP contribution in [0.3, 0.4) is 0 Å². The van der Waals surface area contributed by atoms with Gasteiger partial charge in [0.05, 0.1) is 4.90 Å². The third-order valence-electron chi connectivity index (χ3n) is 4.30. The summed E-state index contributed by atoms with van der Waals surface area (Å²) in [4.78, 5) is 0.503. The molecule has 0 amide bonds. The molecule has 1 aromatic rings.